The average Bonchev–Trinajstić information content (AvgIpc) is 2.81. The van der Waals surface area contributed by atoms with Crippen molar-refractivity contribution in [3.63, 3.8) is 0 Å². The number of ether oxygens (including phenoxy) is 1. The van der Waals surface area contributed by atoms with Gasteiger partial charge < -0.3 is 31.7 Å². The van der Waals surface area contributed by atoms with Crippen LogP contribution in [0.15, 0.2) is 23.3 Å². The Morgan fingerprint density at radius 3 is 1.76 bits per heavy atom. The molecule has 5 N–H and O–H groups in total. The number of carbonyl (C=O) groups is 5. The molecule has 0 radical (unpaired) electrons. The van der Waals surface area contributed by atoms with E-state index in [1.165, 1.54) is 19.4 Å². The summed E-state index contributed by atoms with van der Waals surface area (Å²) in [5.74, 6) is -10.3. The van der Waals surface area contributed by atoms with Crippen LogP contribution in [0.1, 0.15) is 82.0 Å². The molecule has 0 aliphatic rings. The third-order valence-corrected chi connectivity index (χ3v) is 6.92. The van der Waals surface area contributed by atoms with E-state index in [4.69, 9.17) is 9.84 Å². The number of carbonyl (C=O) groups excluding carboxylic acids is 1. The summed E-state index contributed by atoms with van der Waals surface area (Å²) >= 11 is 0. The molecule has 0 fully saturated rings. The summed E-state index contributed by atoms with van der Waals surface area (Å²) in [5.41, 5.74) is 0.525. The zero-order chi connectivity index (χ0) is 31.3. The molecule has 8 atom stereocenters. The van der Waals surface area contributed by atoms with Crippen molar-refractivity contribution >= 4 is 29.8 Å². The molecule has 0 saturated carbocycles. The minimum absolute atomic E-state index is 0. The Balaban J connectivity index is -0.00000760. The number of carboxylic acid groups (broad SMARTS) is 4. The summed E-state index contributed by atoms with van der Waals surface area (Å²) in [6.07, 6.45) is 2.20. The maximum atomic E-state index is 12.6. The fourth-order valence-electron chi connectivity index (χ4n) is 4.93. The van der Waals surface area contributed by atoms with Crippen molar-refractivity contribution in [1.82, 2.24) is 0 Å². The number of allylic oxidation sites excluding steroid dienone is 3. The molecule has 41 heavy (non-hydrogen) atoms. The maximum Gasteiger partial charge on any atom is 1.00 e. The smallest absolute Gasteiger partial charge is 1.00 e. The van der Waals surface area contributed by atoms with E-state index in [9.17, 15) is 44.4 Å². The van der Waals surface area contributed by atoms with Crippen LogP contribution in [0.25, 0.3) is 0 Å². The molecular weight excluding hydrogens is 547 g/mol. The second-order valence-corrected chi connectivity index (χ2v) is 11.2. The molecule has 0 aromatic carbocycles. The first-order valence-electron chi connectivity index (χ1n) is 13.6. The van der Waals surface area contributed by atoms with Crippen LogP contribution in [-0.4, -0.2) is 67.6 Å². The number of rotatable bonds is 19. The first-order chi connectivity index (χ1) is 18.4. The molecule has 0 bridgehead atoms. The molecule has 0 rings (SSSR count). The van der Waals surface area contributed by atoms with Crippen LogP contribution in [0.2, 0.25) is 0 Å². The Labute approximate surface area is 265 Å². The molecule has 0 spiro atoms. The van der Waals surface area contributed by atoms with Crippen molar-refractivity contribution in [3.05, 3.63) is 23.3 Å². The summed E-state index contributed by atoms with van der Waals surface area (Å²) in [6.45, 7) is 14.0. The van der Waals surface area contributed by atoms with Gasteiger partial charge in [0.1, 0.15) is 5.92 Å². The predicted molar refractivity (Wildman–Crippen MR) is 147 cm³/mol. The monoisotopic (exact) mass is 594 g/mol. The van der Waals surface area contributed by atoms with E-state index in [1.807, 2.05) is 13.0 Å². The van der Waals surface area contributed by atoms with Gasteiger partial charge in [-0.2, -0.15) is 0 Å². The van der Waals surface area contributed by atoms with Gasteiger partial charge in [0.15, 0.2) is 6.10 Å². The fourth-order valence-corrected chi connectivity index (χ4v) is 4.93. The molecule has 0 aliphatic heterocycles. The molecule has 11 nitrogen and oxygen atoms in total. The SMILES string of the molecule is CCC(C)CC(C)CC(C)CC(C)/C=C(C)/C=C(\CC(C)C(=O)OC(C(=O)O)C(C(=O)O)C(O)C(=O)O)C(=O)O.[H-].[Na+]. The molecule has 0 amide bonds. The topological polar surface area (TPSA) is 196 Å². The quantitative estimate of drug-likeness (QED) is 0.0627. The van der Waals surface area contributed by atoms with E-state index >= 15 is 0 Å². The fraction of sp³-hybridized carbons (Fsp3) is 0.690. The van der Waals surface area contributed by atoms with Gasteiger partial charge in [0, 0.05) is 5.57 Å². The van der Waals surface area contributed by atoms with Crippen molar-refractivity contribution in [3.8, 4) is 0 Å². The molecule has 0 aliphatic carbocycles. The second-order valence-electron chi connectivity index (χ2n) is 11.2. The van der Waals surface area contributed by atoms with Crippen LogP contribution in [0.3, 0.4) is 0 Å². The molecule has 230 valence electrons. The van der Waals surface area contributed by atoms with Gasteiger partial charge >= 0.3 is 59.4 Å². The van der Waals surface area contributed by atoms with Gasteiger partial charge in [-0.25, -0.2) is 14.4 Å². The molecule has 0 aromatic rings. The first kappa shape index (κ1) is 40.9. The minimum atomic E-state index is -2.66. The molecule has 0 saturated heterocycles. The van der Waals surface area contributed by atoms with Gasteiger partial charge in [0.2, 0.25) is 6.10 Å². The molecule has 8 unspecified atom stereocenters. The largest absolute Gasteiger partial charge is 1.00 e. The van der Waals surface area contributed by atoms with Gasteiger partial charge in [-0.3, -0.25) is 9.59 Å². The predicted octanol–water partition coefficient (Wildman–Crippen LogP) is 1.35. The minimum Gasteiger partial charge on any atom is -1.00 e. The number of hydrogen-bond acceptors (Lipinski definition) is 7. The number of aliphatic hydroxyl groups excluding tert-OH is 1. The first-order valence-corrected chi connectivity index (χ1v) is 13.6. The number of carboxylic acids is 4. The van der Waals surface area contributed by atoms with Crippen LogP contribution in [0.5, 0.6) is 0 Å². The van der Waals surface area contributed by atoms with E-state index in [0.717, 1.165) is 19.3 Å². The summed E-state index contributed by atoms with van der Waals surface area (Å²) in [5, 5.41) is 46.8. The summed E-state index contributed by atoms with van der Waals surface area (Å²) in [7, 11) is 0. The number of esters is 1. The number of aliphatic carboxylic acids is 4. The van der Waals surface area contributed by atoms with E-state index in [-0.39, 0.29) is 48.9 Å². The maximum absolute atomic E-state index is 12.6. The number of aliphatic hydroxyl groups is 1. The van der Waals surface area contributed by atoms with E-state index in [0.29, 0.717) is 23.3 Å². The van der Waals surface area contributed by atoms with Gasteiger partial charge in [-0.1, -0.05) is 59.6 Å². The molecule has 0 aromatic heterocycles. The zero-order valence-corrected chi connectivity index (χ0v) is 27.5. The van der Waals surface area contributed by atoms with Crippen molar-refractivity contribution in [2.24, 2.45) is 35.5 Å². The Bertz CT molecular complexity index is 965. The number of hydrogen-bond donors (Lipinski definition) is 5. The van der Waals surface area contributed by atoms with Crippen LogP contribution in [0.4, 0.5) is 0 Å². The Kier molecular flexibility index (Phi) is 19.8. The van der Waals surface area contributed by atoms with Gasteiger partial charge in [0.25, 0.3) is 0 Å². The van der Waals surface area contributed by atoms with Crippen molar-refractivity contribution in [2.45, 2.75) is 92.8 Å². The van der Waals surface area contributed by atoms with Crippen LogP contribution >= 0.6 is 0 Å². The third-order valence-electron chi connectivity index (χ3n) is 6.92. The van der Waals surface area contributed by atoms with Gasteiger partial charge in [0.05, 0.1) is 5.92 Å². The van der Waals surface area contributed by atoms with E-state index in [1.54, 1.807) is 6.92 Å². The third kappa shape index (κ3) is 15.6. The summed E-state index contributed by atoms with van der Waals surface area (Å²) in [4.78, 5) is 58.4. The zero-order valence-electron chi connectivity index (χ0n) is 26.5. The normalized spacial score (nSPS) is 18.0. The molecule has 12 heteroatoms. The Morgan fingerprint density at radius 1 is 0.805 bits per heavy atom. The van der Waals surface area contributed by atoms with Crippen LogP contribution < -0.4 is 29.6 Å². The van der Waals surface area contributed by atoms with E-state index in [2.05, 4.69) is 27.7 Å². The van der Waals surface area contributed by atoms with Gasteiger partial charge in [-0.05, 0) is 62.4 Å². The molecular formula is C29H47NaO11. The van der Waals surface area contributed by atoms with E-state index < -0.39 is 53.9 Å². The van der Waals surface area contributed by atoms with Gasteiger partial charge in [-0.15, -0.1) is 0 Å². The summed E-state index contributed by atoms with van der Waals surface area (Å²) < 4.78 is 4.75. The van der Waals surface area contributed by atoms with Crippen LogP contribution in [0, 0.1) is 35.5 Å². The summed E-state index contributed by atoms with van der Waals surface area (Å²) in [6, 6.07) is 0. The Hall–Kier alpha value is -2.21. The average molecular weight is 595 g/mol. The molecule has 0 heterocycles. The van der Waals surface area contributed by atoms with Crippen molar-refractivity contribution in [1.29, 1.82) is 0 Å². The van der Waals surface area contributed by atoms with Crippen molar-refractivity contribution < 1.29 is 85.2 Å². The second kappa shape index (κ2) is 19.8. The standard InChI is InChI=1S/C29H46O11.Na.H/c1-8-15(2)9-16(3)10-17(4)11-18(5)12-19(6)13-21(25(31)32)14-20(7)29(39)40-24(28(37)38)22(26(33)34)23(30)27(35)36;;/h12-13,15-18,20,22-24,30H,8-11,14H2,1-7H3,(H,31,32)(H,33,34)(H,35,36)(H,37,38);;/q;+1;-1/b19-12+,21-13+;;. The van der Waals surface area contributed by atoms with Crippen LogP contribution in [-0.2, 0) is 28.7 Å². The Morgan fingerprint density at radius 2 is 1.32 bits per heavy atom. The van der Waals surface area contributed by atoms with Crippen molar-refractivity contribution in [2.75, 3.05) is 0 Å².